The van der Waals surface area contributed by atoms with Crippen LogP contribution in [-0.2, 0) is 0 Å². The van der Waals surface area contributed by atoms with E-state index in [0.29, 0.717) is 0 Å². The molecule has 1 aromatic rings. The van der Waals surface area contributed by atoms with Crippen LogP contribution in [0.5, 0.6) is 0 Å². The van der Waals surface area contributed by atoms with E-state index in [1.807, 2.05) is 25.2 Å². The van der Waals surface area contributed by atoms with Gasteiger partial charge in [-0.25, -0.2) is 0 Å². The van der Waals surface area contributed by atoms with E-state index >= 15 is 0 Å². The first-order chi connectivity index (χ1) is 6.72. The van der Waals surface area contributed by atoms with Crippen LogP contribution in [-0.4, -0.2) is 0 Å². The van der Waals surface area contributed by atoms with Crippen molar-refractivity contribution in [1.82, 2.24) is 0 Å². The van der Waals surface area contributed by atoms with Gasteiger partial charge in [-0.15, -0.1) is 0 Å². The standard InChI is InChI=1S/C14H16/c1-4-12(2)6-5-7-14-10-8-13(3)9-11-14/h4-11H,1H2,2-3H3/b7-5+,12-6-. The van der Waals surface area contributed by atoms with E-state index in [9.17, 15) is 0 Å². The second-order valence-electron chi connectivity index (χ2n) is 3.38. The van der Waals surface area contributed by atoms with Crippen molar-refractivity contribution < 1.29 is 0 Å². The van der Waals surface area contributed by atoms with Crippen molar-refractivity contribution in [3.05, 3.63) is 65.8 Å². The molecule has 0 saturated heterocycles. The summed E-state index contributed by atoms with van der Waals surface area (Å²) in [6.45, 7) is 7.82. The molecule has 0 atom stereocenters. The SMILES string of the molecule is C=C/C(C)=C\C=C\c1ccc(C)cc1. The molecule has 0 saturated carbocycles. The molecule has 0 spiro atoms. The fourth-order valence-corrected chi connectivity index (χ4v) is 1.06. The summed E-state index contributed by atoms with van der Waals surface area (Å²) in [5.41, 5.74) is 3.69. The highest BCUT2D eigenvalue weighted by Crippen LogP contribution is 2.05. The summed E-state index contributed by atoms with van der Waals surface area (Å²) in [6, 6.07) is 8.46. The van der Waals surface area contributed by atoms with Gasteiger partial charge in [-0.3, -0.25) is 0 Å². The molecular formula is C14H16. The van der Waals surface area contributed by atoms with Crippen LogP contribution < -0.4 is 0 Å². The van der Waals surface area contributed by atoms with Crippen molar-refractivity contribution in [2.45, 2.75) is 13.8 Å². The molecule has 0 bridgehead atoms. The van der Waals surface area contributed by atoms with Crippen LogP contribution in [0.4, 0.5) is 0 Å². The molecule has 0 radical (unpaired) electrons. The Hall–Kier alpha value is -1.56. The number of allylic oxidation sites excluding steroid dienone is 4. The first kappa shape index (κ1) is 10.5. The fourth-order valence-electron chi connectivity index (χ4n) is 1.06. The first-order valence-corrected chi connectivity index (χ1v) is 4.76. The van der Waals surface area contributed by atoms with Gasteiger partial charge in [0.2, 0.25) is 0 Å². The molecule has 0 aliphatic carbocycles. The minimum absolute atomic E-state index is 1.17. The van der Waals surface area contributed by atoms with Gasteiger partial charge in [-0.1, -0.05) is 66.3 Å². The zero-order valence-electron chi connectivity index (χ0n) is 8.83. The lowest BCUT2D eigenvalue weighted by atomic mass is 10.1. The smallest absolute Gasteiger partial charge is 0.0256 e. The van der Waals surface area contributed by atoms with Crippen LogP contribution in [0.15, 0.2) is 54.6 Å². The summed E-state index contributed by atoms with van der Waals surface area (Å²) in [5.74, 6) is 0. The largest absolute Gasteiger partial charge is 0.0988 e. The van der Waals surface area contributed by atoms with Gasteiger partial charge in [0.25, 0.3) is 0 Å². The zero-order chi connectivity index (χ0) is 10.4. The van der Waals surface area contributed by atoms with Crippen molar-refractivity contribution in [2.24, 2.45) is 0 Å². The van der Waals surface area contributed by atoms with Gasteiger partial charge in [-0.2, -0.15) is 0 Å². The highest BCUT2D eigenvalue weighted by molar-refractivity contribution is 5.51. The molecule has 0 aliphatic rings. The third-order valence-corrected chi connectivity index (χ3v) is 2.05. The van der Waals surface area contributed by atoms with Gasteiger partial charge >= 0.3 is 0 Å². The van der Waals surface area contributed by atoms with E-state index in [-0.39, 0.29) is 0 Å². The van der Waals surface area contributed by atoms with Crippen LogP contribution >= 0.6 is 0 Å². The highest BCUT2D eigenvalue weighted by atomic mass is 13.9. The van der Waals surface area contributed by atoms with Gasteiger partial charge in [0.15, 0.2) is 0 Å². The molecule has 0 aliphatic heterocycles. The van der Waals surface area contributed by atoms with Crippen LogP contribution in [0.3, 0.4) is 0 Å². The number of rotatable bonds is 3. The van der Waals surface area contributed by atoms with Crippen LogP contribution in [0.25, 0.3) is 6.08 Å². The Balaban J connectivity index is 2.69. The molecule has 0 nitrogen and oxygen atoms in total. The summed E-state index contributed by atoms with van der Waals surface area (Å²) in [7, 11) is 0. The van der Waals surface area contributed by atoms with Gasteiger partial charge < -0.3 is 0 Å². The van der Waals surface area contributed by atoms with Crippen molar-refractivity contribution >= 4 is 6.08 Å². The Kier molecular flexibility index (Phi) is 3.93. The molecule has 14 heavy (non-hydrogen) atoms. The molecule has 0 heteroatoms. The van der Waals surface area contributed by atoms with Crippen LogP contribution in [0, 0.1) is 6.92 Å². The molecule has 0 amide bonds. The number of aryl methyl sites for hydroxylation is 1. The van der Waals surface area contributed by atoms with E-state index in [1.54, 1.807) is 0 Å². The minimum Gasteiger partial charge on any atom is -0.0988 e. The maximum absolute atomic E-state index is 3.70. The summed E-state index contributed by atoms with van der Waals surface area (Å²) in [4.78, 5) is 0. The topological polar surface area (TPSA) is 0 Å². The van der Waals surface area contributed by atoms with Crippen molar-refractivity contribution in [3.63, 3.8) is 0 Å². The van der Waals surface area contributed by atoms with Crippen molar-refractivity contribution in [3.8, 4) is 0 Å². The lowest BCUT2D eigenvalue weighted by molar-refractivity contribution is 1.46. The lowest BCUT2D eigenvalue weighted by Crippen LogP contribution is -1.72. The quantitative estimate of drug-likeness (QED) is 0.619. The Bertz CT molecular complexity index is 350. The third kappa shape index (κ3) is 3.44. The average Bonchev–Trinajstić information content (AvgIpc) is 2.21. The molecule has 1 aromatic carbocycles. The molecule has 0 aromatic heterocycles. The molecule has 0 fully saturated rings. The Morgan fingerprint density at radius 3 is 2.43 bits per heavy atom. The number of benzene rings is 1. The highest BCUT2D eigenvalue weighted by Gasteiger charge is 1.84. The monoisotopic (exact) mass is 184 g/mol. The minimum atomic E-state index is 1.17. The van der Waals surface area contributed by atoms with E-state index in [4.69, 9.17) is 0 Å². The predicted molar refractivity (Wildman–Crippen MR) is 64.2 cm³/mol. The van der Waals surface area contributed by atoms with Gasteiger partial charge in [-0.05, 0) is 19.4 Å². The molecule has 1 rings (SSSR count). The normalized spacial score (nSPS) is 12.0. The number of hydrogen-bond acceptors (Lipinski definition) is 0. The van der Waals surface area contributed by atoms with E-state index in [2.05, 4.69) is 43.8 Å². The second-order valence-corrected chi connectivity index (χ2v) is 3.38. The van der Waals surface area contributed by atoms with Gasteiger partial charge in [0.1, 0.15) is 0 Å². The summed E-state index contributed by atoms with van der Waals surface area (Å²) in [6.07, 6.45) is 8.03. The van der Waals surface area contributed by atoms with Gasteiger partial charge in [0.05, 0.1) is 0 Å². The lowest BCUT2D eigenvalue weighted by Gasteiger charge is -1.93. The average molecular weight is 184 g/mol. The second kappa shape index (κ2) is 5.23. The van der Waals surface area contributed by atoms with Crippen LogP contribution in [0.2, 0.25) is 0 Å². The number of hydrogen-bond donors (Lipinski definition) is 0. The maximum atomic E-state index is 3.70. The van der Waals surface area contributed by atoms with Gasteiger partial charge in [0, 0.05) is 0 Å². The van der Waals surface area contributed by atoms with Crippen molar-refractivity contribution in [2.75, 3.05) is 0 Å². The van der Waals surface area contributed by atoms with Crippen molar-refractivity contribution in [1.29, 1.82) is 0 Å². The molecule has 0 N–H and O–H groups in total. The van der Waals surface area contributed by atoms with E-state index in [0.717, 1.165) is 0 Å². The summed E-state index contributed by atoms with van der Waals surface area (Å²) >= 11 is 0. The Labute approximate surface area is 86.3 Å². The Morgan fingerprint density at radius 2 is 1.86 bits per heavy atom. The first-order valence-electron chi connectivity index (χ1n) is 4.76. The fraction of sp³-hybridized carbons (Fsp3) is 0.143. The zero-order valence-corrected chi connectivity index (χ0v) is 8.83. The molecule has 0 unspecified atom stereocenters. The predicted octanol–water partition coefficient (Wildman–Crippen LogP) is 4.14. The van der Waals surface area contributed by atoms with E-state index < -0.39 is 0 Å². The third-order valence-electron chi connectivity index (χ3n) is 2.05. The molecule has 0 heterocycles. The Morgan fingerprint density at radius 1 is 1.21 bits per heavy atom. The molecular weight excluding hydrogens is 168 g/mol. The summed E-state index contributed by atoms with van der Waals surface area (Å²) < 4.78 is 0. The summed E-state index contributed by atoms with van der Waals surface area (Å²) in [5, 5.41) is 0. The van der Waals surface area contributed by atoms with Crippen LogP contribution in [0.1, 0.15) is 18.1 Å². The maximum Gasteiger partial charge on any atom is -0.0256 e. The van der Waals surface area contributed by atoms with E-state index in [1.165, 1.54) is 16.7 Å². The molecule has 72 valence electrons.